The molecule has 0 saturated carbocycles. The number of nitrogens with zero attached hydrogens (tertiary/aromatic N) is 5. The molecule has 4 aliphatic heterocycles. The van der Waals surface area contributed by atoms with Crippen LogP contribution in [0.5, 0.6) is 0 Å². The summed E-state index contributed by atoms with van der Waals surface area (Å²) in [6, 6.07) is 5.89. The number of aliphatic hydroxyl groups is 1. The second-order valence-electron chi connectivity index (χ2n) is 16.0. The van der Waals surface area contributed by atoms with Crippen LogP contribution in [0, 0.1) is 13.8 Å². The van der Waals surface area contributed by atoms with E-state index in [1.165, 1.54) is 11.0 Å². The predicted molar refractivity (Wildman–Crippen MR) is 230 cm³/mol. The number of morpholine rings is 1. The van der Waals surface area contributed by atoms with Crippen molar-refractivity contribution in [1.29, 1.82) is 0 Å². The van der Waals surface area contributed by atoms with Crippen LogP contribution in [0.2, 0.25) is 0 Å². The number of carbonyl (C=O) groups is 4. The number of hydrogen-bond acceptors (Lipinski definition) is 11. The average Bonchev–Trinajstić information content (AvgIpc) is 3.91. The van der Waals surface area contributed by atoms with Crippen LogP contribution in [0.15, 0.2) is 24.3 Å². The van der Waals surface area contributed by atoms with Crippen molar-refractivity contribution < 1.29 is 33.8 Å². The molecule has 0 unspecified atom stereocenters. The van der Waals surface area contributed by atoms with E-state index in [9.17, 15) is 19.5 Å². The Bertz CT molecular complexity index is 2440. The summed E-state index contributed by atoms with van der Waals surface area (Å²) < 4.78 is 10.7. The number of fused-ring (bicyclic) bond motifs is 8. The number of nitrogens with one attached hydrogen (secondary N) is 2. The summed E-state index contributed by atoms with van der Waals surface area (Å²) in [5.74, 6) is -2.01. The zero-order valence-corrected chi connectivity index (χ0v) is 35.4. The number of aromatic amines is 2. The average molecular weight is 821 g/mol. The topological polar surface area (TPSA) is 200 Å². The lowest BCUT2D eigenvalue weighted by Gasteiger charge is -2.31. The van der Waals surface area contributed by atoms with Crippen LogP contribution >= 0.6 is 0 Å². The van der Waals surface area contributed by atoms with E-state index in [2.05, 4.69) is 28.7 Å². The molecule has 4 aliphatic rings. The number of ether oxygens (including phenoxy) is 2. The number of carbonyl (C=O) groups excluding carboxylic acids is 4. The molecule has 15 heteroatoms. The molecule has 0 aromatic carbocycles. The van der Waals surface area contributed by atoms with Crippen molar-refractivity contribution >= 4 is 63.0 Å². The van der Waals surface area contributed by atoms with Gasteiger partial charge in [0, 0.05) is 98.5 Å². The first-order valence-electron chi connectivity index (χ1n) is 20.9. The van der Waals surface area contributed by atoms with Crippen molar-refractivity contribution in [3.8, 4) is 0 Å². The molecule has 60 heavy (non-hydrogen) atoms. The number of hydrogen-bond donors (Lipinski definition) is 4. The number of nitrogens with two attached hydrogens (primary N) is 1. The van der Waals surface area contributed by atoms with E-state index >= 15 is 4.79 Å². The van der Waals surface area contributed by atoms with Gasteiger partial charge in [-0.1, -0.05) is 13.8 Å². The van der Waals surface area contributed by atoms with E-state index in [1.54, 1.807) is 18.0 Å². The monoisotopic (exact) mass is 820 g/mol. The van der Waals surface area contributed by atoms with E-state index in [1.807, 2.05) is 39.0 Å². The van der Waals surface area contributed by atoms with Gasteiger partial charge in [0.25, 0.3) is 11.8 Å². The molecule has 0 aliphatic carbocycles. The molecule has 1 saturated heterocycles. The molecule has 0 radical (unpaired) electrons. The number of amides is 3. The number of likely N-dealkylation sites (N-methyl/N-ethyl adjacent to an activating group) is 1. The summed E-state index contributed by atoms with van der Waals surface area (Å²) in [6.07, 6.45) is 4.35. The first-order valence-corrected chi connectivity index (χ1v) is 20.9. The number of esters is 1. The highest BCUT2D eigenvalue weighted by atomic mass is 16.5. The van der Waals surface area contributed by atoms with Gasteiger partial charge in [0.15, 0.2) is 0 Å². The SMILES string of the molecule is CCC1=C(C)c2cc3[nH]c(cc4nc(c5c6[nH]c(cc1n2)c(C)c6C(=O)N(CCN1CCOCC1)C5=O)[C@@H](CCC(=O)N(C)CCN)[C@@H]4C)c(C)c3/C=C/C(=O)OCCO. The minimum absolute atomic E-state index is 0.0591. The van der Waals surface area contributed by atoms with E-state index in [0.717, 1.165) is 44.7 Å². The number of aryl methyl sites for hydroxylation is 2. The van der Waals surface area contributed by atoms with Gasteiger partial charge < -0.3 is 35.2 Å². The van der Waals surface area contributed by atoms with Gasteiger partial charge in [-0.15, -0.1) is 0 Å². The molecule has 3 amide bonds. The Morgan fingerprint density at radius 1 is 1.00 bits per heavy atom. The van der Waals surface area contributed by atoms with Crippen molar-refractivity contribution in [3.63, 3.8) is 0 Å². The van der Waals surface area contributed by atoms with Gasteiger partial charge in [0.2, 0.25) is 5.91 Å². The summed E-state index contributed by atoms with van der Waals surface area (Å²) in [5, 5.41) is 9.18. The number of rotatable bonds is 13. The lowest BCUT2D eigenvalue weighted by molar-refractivity contribution is -0.138. The number of H-pyrrole nitrogens is 2. The van der Waals surface area contributed by atoms with Crippen molar-refractivity contribution in [2.24, 2.45) is 5.73 Å². The quantitative estimate of drug-likeness (QED) is 0.105. The first-order chi connectivity index (χ1) is 28.9. The molecule has 3 aromatic heterocycles. The number of imide groups is 1. The normalized spacial score (nSPS) is 18.2. The van der Waals surface area contributed by atoms with Crippen LogP contribution in [0.4, 0.5) is 0 Å². The van der Waals surface area contributed by atoms with Gasteiger partial charge in [0.05, 0.1) is 53.5 Å². The number of aliphatic hydroxyl groups excluding tert-OH is 1. The van der Waals surface area contributed by atoms with Gasteiger partial charge in [-0.3, -0.25) is 29.2 Å². The van der Waals surface area contributed by atoms with E-state index in [0.29, 0.717) is 97.9 Å². The van der Waals surface area contributed by atoms with E-state index in [-0.39, 0.29) is 49.8 Å². The lowest BCUT2D eigenvalue weighted by Crippen LogP contribution is -2.47. The van der Waals surface area contributed by atoms with Crippen molar-refractivity contribution in [1.82, 2.24) is 34.6 Å². The Morgan fingerprint density at radius 3 is 2.43 bits per heavy atom. The maximum atomic E-state index is 15.0. The van der Waals surface area contributed by atoms with Gasteiger partial charge in [0.1, 0.15) is 6.61 Å². The molecular weight excluding hydrogens is 765 g/mol. The molecule has 5 N–H and O–H groups in total. The Kier molecular flexibility index (Phi) is 12.8. The molecule has 1 fully saturated rings. The summed E-state index contributed by atoms with van der Waals surface area (Å²) in [7, 11) is 1.74. The van der Waals surface area contributed by atoms with Crippen molar-refractivity contribution in [3.05, 3.63) is 74.9 Å². The maximum absolute atomic E-state index is 15.0. The minimum atomic E-state index is -0.582. The largest absolute Gasteiger partial charge is 0.460 e. The Labute approximate surface area is 349 Å². The predicted octanol–water partition coefficient (Wildman–Crippen LogP) is 4.83. The van der Waals surface area contributed by atoms with Crippen LogP contribution in [0.25, 0.3) is 39.3 Å². The minimum Gasteiger partial charge on any atom is -0.460 e. The van der Waals surface area contributed by atoms with Crippen LogP contribution < -0.4 is 5.73 Å². The molecule has 2 atom stereocenters. The van der Waals surface area contributed by atoms with Crippen LogP contribution in [0.1, 0.15) is 112 Å². The van der Waals surface area contributed by atoms with E-state index in [4.69, 9.17) is 25.2 Å². The van der Waals surface area contributed by atoms with Crippen molar-refractivity contribution in [2.75, 3.05) is 72.7 Å². The Balaban J connectivity index is 1.51. The molecular formula is C45H56N8O7. The molecule has 7 rings (SSSR count). The van der Waals surface area contributed by atoms with Crippen LogP contribution in [-0.4, -0.2) is 136 Å². The second-order valence-corrected chi connectivity index (χ2v) is 16.0. The van der Waals surface area contributed by atoms with Gasteiger partial charge in [-0.2, -0.15) is 0 Å². The molecule has 318 valence electrons. The summed E-state index contributed by atoms with van der Waals surface area (Å²) in [4.78, 5) is 78.2. The first kappa shape index (κ1) is 42.6. The van der Waals surface area contributed by atoms with Crippen LogP contribution in [-0.2, 0) is 19.1 Å². The lowest BCUT2D eigenvalue weighted by atomic mass is 9.84. The molecule has 0 spiro atoms. The fraction of sp³-hybridized carbons (Fsp3) is 0.467. The van der Waals surface area contributed by atoms with Gasteiger partial charge >= 0.3 is 5.97 Å². The third-order valence-corrected chi connectivity index (χ3v) is 12.4. The zero-order chi connectivity index (χ0) is 42.8. The highest BCUT2D eigenvalue weighted by Gasteiger charge is 2.41. The fourth-order valence-electron chi connectivity index (χ4n) is 8.76. The maximum Gasteiger partial charge on any atom is 0.330 e. The van der Waals surface area contributed by atoms with Crippen LogP contribution in [0.3, 0.4) is 0 Å². The van der Waals surface area contributed by atoms with E-state index < -0.39 is 11.9 Å². The number of aromatic nitrogens is 4. The number of allylic oxidation sites excluding steroid dienone is 2. The third kappa shape index (κ3) is 8.18. The summed E-state index contributed by atoms with van der Waals surface area (Å²) in [5.41, 5.74) is 16.1. The van der Waals surface area contributed by atoms with Gasteiger partial charge in [-0.05, 0) is 80.2 Å². The van der Waals surface area contributed by atoms with Crippen molar-refractivity contribution in [2.45, 2.75) is 65.7 Å². The smallest absolute Gasteiger partial charge is 0.330 e. The third-order valence-electron chi connectivity index (χ3n) is 12.4. The van der Waals surface area contributed by atoms with Gasteiger partial charge in [-0.25, -0.2) is 9.78 Å². The molecule has 8 bridgehead atoms. The standard InChI is InChI=1S/C45H56N8O7/c1-7-29-25(2)33-23-37-30(9-11-39(56)60-21-18-54)26(3)32(48-37)22-34-27(4)31(8-10-38(55)51(6)13-12-46)42(49-34)41-43-40(28(5)35(50-43)24-36(29)47-33)44(57)53(45(41)58)15-14-52-16-19-59-20-17-52/h9,11,22-24,27,31,48,50,54H,7-8,10,12-21,46H2,1-6H3/b11-9+,32-22?,33-23?,34-22?,35-24?,36-24?,37-23?,42-41?/t27-,31-/m0/s1. The highest BCUT2D eigenvalue weighted by molar-refractivity contribution is 6.23. The highest BCUT2D eigenvalue weighted by Crippen LogP contribution is 2.44. The molecule has 3 aromatic rings. The Hall–Kier alpha value is -5.48. The second kappa shape index (κ2) is 18.0. The summed E-state index contributed by atoms with van der Waals surface area (Å²) in [6.45, 7) is 13.7. The summed E-state index contributed by atoms with van der Waals surface area (Å²) >= 11 is 0. The molecule has 7 heterocycles. The molecule has 15 nitrogen and oxygen atoms in total. The fourth-order valence-corrected chi connectivity index (χ4v) is 8.76. The zero-order valence-electron chi connectivity index (χ0n) is 35.4. The Morgan fingerprint density at radius 2 is 1.72 bits per heavy atom.